The van der Waals surface area contributed by atoms with Gasteiger partial charge in [-0.15, -0.1) is 0 Å². The van der Waals surface area contributed by atoms with Gasteiger partial charge in [0.1, 0.15) is 4.99 Å². The summed E-state index contributed by atoms with van der Waals surface area (Å²) in [6.45, 7) is 0. The number of para-hydroxylation sites is 1. The van der Waals surface area contributed by atoms with E-state index in [1.165, 1.54) is 48.5 Å². The van der Waals surface area contributed by atoms with Gasteiger partial charge in [-0.2, -0.15) is 0 Å². The molecule has 4 rings (SSSR count). The summed E-state index contributed by atoms with van der Waals surface area (Å²) in [6, 6.07) is 31.5. The first-order valence-electron chi connectivity index (χ1n) is 10.1. The van der Waals surface area contributed by atoms with Crippen LogP contribution in [0.15, 0.2) is 109 Å². The Bertz CT molecular complexity index is 1190. The second kappa shape index (κ2) is 16.5. The van der Waals surface area contributed by atoms with Crippen molar-refractivity contribution in [1.82, 2.24) is 0 Å². The second-order valence-corrected chi connectivity index (χ2v) is 8.06. The van der Waals surface area contributed by atoms with Crippen molar-refractivity contribution < 1.29 is 36.9 Å². The number of anilines is 1. The standard InChI is InChI=1S/C13H11NS.2C7H5ClO2.Cu/c15-13(11-7-3-1-4-8-11)14-12-9-5-2-6-10-12;2*8-6-3-1-5(2-4-6)7(9)10;/h1-10H,(H,14,15);2*1-4H,(H,9,10);/q;;;+2/p-2. The molecule has 0 amide bonds. The van der Waals surface area contributed by atoms with Gasteiger partial charge < -0.3 is 25.1 Å². The first-order valence-corrected chi connectivity index (χ1v) is 11.3. The van der Waals surface area contributed by atoms with E-state index in [1.54, 1.807) is 0 Å². The molecule has 0 fully saturated rings. The molecule has 4 aromatic rings. The van der Waals surface area contributed by atoms with Gasteiger partial charge in [0.25, 0.3) is 0 Å². The van der Waals surface area contributed by atoms with E-state index >= 15 is 0 Å². The SMILES string of the molecule is O=C([O-])c1ccc(Cl)cc1.O=C([O-])c1ccc(Cl)cc1.S=C(Nc1ccccc1)c1ccccc1.[Cu+2]. The van der Waals surface area contributed by atoms with Crippen LogP contribution in [0.25, 0.3) is 0 Å². The van der Waals surface area contributed by atoms with Crippen molar-refractivity contribution in [3.63, 3.8) is 0 Å². The van der Waals surface area contributed by atoms with Crippen molar-refractivity contribution in [2.24, 2.45) is 0 Å². The largest absolute Gasteiger partial charge is 2.00 e. The number of carboxylic acid groups (broad SMARTS) is 2. The fourth-order valence-corrected chi connectivity index (χ4v) is 2.99. The summed E-state index contributed by atoms with van der Waals surface area (Å²) in [7, 11) is 0. The quantitative estimate of drug-likeness (QED) is 0.270. The Morgan fingerprint density at radius 2 is 0.944 bits per heavy atom. The summed E-state index contributed by atoms with van der Waals surface area (Å²) >= 11 is 16.3. The van der Waals surface area contributed by atoms with Crippen molar-refractivity contribution in [3.05, 3.63) is 136 Å². The number of rotatable bonds is 4. The Morgan fingerprint density at radius 3 is 1.31 bits per heavy atom. The topological polar surface area (TPSA) is 92.3 Å². The summed E-state index contributed by atoms with van der Waals surface area (Å²) in [5.41, 5.74) is 2.34. The van der Waals surface area contributed by atoms with Crippen LogP contribution in [0.3, 0.4) is 0 Å². The average Bonchev–Trinajstić information content (AvgIpc) is 2.86. The van der Waals surface area contributed by atoms with Crippen LogP contribution in [0, 0.1) is 0 Å². The van der Waals surface area contributed by atoms with Gasteiger partial charge >= 0.3 is 17.1 Å². The molecule has 0 aliphatic carbocycles. The van der Waals surface area contributed by atoms with Crippen LogP contribution in [0.1, 0.15) is 26.3 Å². The van der Waals surface area contributed by atoms with Gasteiger partial charge in [0.2, 0.25) is 0 Å². The van der Waals surface area contributed by atoms with Crippen LogP contribution in [0.4, 0.5) is 5.69 Å². The number of benzene rings is 4. The molecule has 0 aliphatic heterocycles. The predicted octanol–water partition coefficient (Wildman–Crippen LogP) is 4.88. The number of carbonyl (C=O) groups excluding carboxylic acids is 2. The molecule has 0 aliphatic rings. The molecule has 0 heterocycles. The molecule has 0 unspecified atom stereocenters. The number of nitrogens with one attached hydrogen (secondary N) is 1. The second-order valence-electron chi connectivity index (χ2n) is 6.77. The third kappa shape index (κ3) is 11.5. The van der Waals surface area contributed by atoms with Crippen LogP contribution < -0.4 is 15.5 Å². The van der Waals surface area contributed by atoms with Crippen LogP contribution in [-0.2, 0) is 17.1 Å². The predicted molar refractivity (Wildman–Crippen MR) is 140 cm³/mol. The van der Waals surface area contributed by atoms with Crippen molar-refractivity contribution in [2.75, 3.05) is 5.32 Å². The van der Waals surface area contributed by atoms with Gasteiger partial charge in [0.15, 0.2) is 0 Å². The van der Waals surface area contributed by atoms with Crippen molar-refractivity contribution >= 4 is 58.0 Å². The number of carboxylic acids is 2. The van der Waals surface area contributed by atoms with Crippen LogP contribution in [-0.4, -0.2) is 16.9 Å². The van der Waals surface area contributed by atoms with Crippen LogP contribution in [0.2, 0.25) is 10.0 Å². The summed E-state index contributed by atoms with van der Waals surface area (Å²) < 4.78 is 0. The van der Waals surface area contributed by atoms with E-state index in [2.05, 4.69) is 5.32 Å². The molecule has 0 bridgehead atoms. The van der Waals surface area contributed by atoms with E-state index in [0.717, 1.165) is 16.2 Å². The number of hydrogen-bond donors (Lipinski definition) is 1. The van der Waals surface area contributed by atoms with Crippen LogP contribution >= 0.6 is 35.4 Å². The molecule has 0 aromatic heterocycles. The van der Waals surface area contributed by atoms with E-state index in [0.29, 0.717) is 10.0 Å². The maximum atomic E-state index is 10.2. The minimum atomic E-state index is -1.18. The third-order valence-electron chi connectivity index (χ3n) is 4.23. The van der Waals surface area contributed by atoms with Gasteiger partial charge in [-0.25, -0.2) is 0 Å². The summed E-state index contributed by atoms with van der Waals surface area (Å²) in [6.07, 6.45) is 0. The molecule has 0 saturated carbocycles. The van der Waals surface area contributed by atoms with Gasteiger partial charge in [0.05, 0.1) is 11.9 Å². The molecule has 0 spiro atoms. The van der Waals surface area contributed by atoms with Gasteiger partial charge in [0, 0.05) is 21.3 Å². The van der Waals surface area contributed by atoms with E-state index < -0.39 is 11.9 Å². The van der Waals surface area contributed by atoms with E-state index in [9.17, 15) is 19.8 Å². The number of aromatic carboxylic acids is 2. The smallest absolute Gasteiger partial charge is 0.545 e. The van der Waals surface area contributed by atoms with Gasteiger partial charge in [-0.1, -0.05) is 108 Å². The normalized spacial score (nSPS) is 9.17. The zero-order chi connectivity index (χ0) is 25.6. The molecule has 4 aromatic carbocycles. The summed E-state index contributed by atoms with van der Waals surface area (Å²) in [5.74, 6) is -2.37. The maximum absolute atomic E-state index is 10.2. The Morgan fingerprint density at radius 1 is 0.583 bits per heavy atom. The van der Waals surface area contributed by atoms with E-state index in [1.807, 2.05) is 60.7 Å². The minimum Gasteiger partial charge on any atom is -0.545 e. The molecular weight excluding hydrogens is 569 g/mol. The maximum Gasteiger partial charge on any atom is 2.00 e. The van der Waals surface area contributed by atoms with Gasteiger partial charge in [-0.3, -0.25) is 0 Å². The third-order valence-corrected chi connectivity index (χ3v) is 5.07. The number of carbonyl (C=O) groups is 2. The average molecular weight is 588 g/mol. The van der Waals surface area contributed by atoms with Crippen molar-refractivity contribution in [2.45, 2.75) is 0 Å². The summed E-state index contributed by atoms with van der Waals surface area (Å²) in [4.78, 5) is 21.1. The molecule has 187 valence electrons. The number of hydrogen-bond acceptors (Lipinski definition) is 5. The molecule has 9 heteroatoms. The number of thiocarbonyl (C=S) groups is 1. The Hall–Kier alpha value is -3.19. The first kappa shape index (κ1) is 30.8. The fourth-order valence-electron chi connectivity index (χ4n) is 2.49. The monoisotopic (exact) mass is 586 g/mol. The van der Waals surface area contributed by atoms with Crippen molar-refractivity contribution in [3.8, 4) is 0 Å². The zero-order valence-electron chi connectivity index (χ0n) is 18.5. The molecule has 36 heavy (non-hydrogen) atoms. The van der Waals surface area contributed by atoms with E-state index in [4.69, 9.17) is 35.4 Å². The molecular formula is C27H19Cl2CuNO4S. The van der Waals surface area contributed by atoms with Crippen LogP contribution in [0.5, 0.6) is 0 Å². The molecule has 0 atom stereocenters. The number of halogens is 2. The molecule has 0 saturated heterocycles. The first-order chi connectivity index (χ1) is 16.8. The molecule has 1 N–H and O–H groups in total. The zero-order valence-corrected chi connectivity index (χ0v) is 21.8. The molecule has 1 radical (unpaired) electrons. The molecule has 5 nitrogen and oxygen atoms in total. The van der Waals surface area contributed by atoms with Gasteiger partial charge in [-0.05, 0) is 47.5 Å². The Kier molecular flexibility index (Phi) is 14.1. The minimum absolute atomic E-state index is 0. The Labute approximate surface area is 235 Å². The Balaban J connectivity index is 0.000000276. The van der Waals surface area contributed by atoms with Crippen molar-refractivity contribution in [1.29, 1.82) is 0 Å². The summed E-state index contributed by atoms with van der Waals surface area (Å²) in [5, 5.41) is 24.5. The fraction of sp³-hybridized carbons (Fsp3) is 0. The van der Waals surface area contributed by atoms with E-state index in [-0.39, 0.29) is 28.2 Å².